The van der Waals surface area contributed by atoms with E-state index in [2.05, 4.69) is 5.23 Å². The Morgan fingerprint density at radius 1 is 1.28 bits per heavy atom. The number of methoxy groups -OCH3 is 1. The van der Waals surface area contributed by atoms with E-state index in [1.165, 1.54) is 7.11 Å². The Hall–Kier alpha value is -2.02. The number of esters is 1. The Labute approximate surface area is 150 Å². The lowest BCUT2D eigenvalue weighted by molar-refractivity contribution is -0.142. The van der Waals surface area contributed by atoms with Crippen molar-refractivity contribution in [3.63, 3.8) is 0 Å². The van der Waals surface area contributed by atoms with Gasteiger partial charge in [-0.2, -0.15) is 0 Å². The van der Waals surface area contributed by atoms with Gasteiger partial charge in [0.1, 0.15) is 6.61 Å². The van der Waals surface area contributed by atoms with Gasteiger partial charge in [0, 0.05) is 13.1 Å². The zero-order valence-corrected chi connectivity index (χ0v) is 14.6. The van der Waals surface area contributed by atoms with E-state index >= 15 is 0 Å². The predicted molar refractivity (Wildman–Crippen MR) is 94.9 cm³/mol. The van der Waals surface area contributed by atoms with Crippen LogP contribution in [0.25, 0.3) is 0 Å². The SMILES string of the molecule is [B]N[C@@H](CCC1CCN(C(=O)OCc2ccccc2)CC1)C(=O)OC. The van der Waals surface area contributed by atoms with Crippen LogP contribution in [0.1, 0.15) is 31.2 Å². The minimum Gasteiger partial charge on any atom is -0.468 e. The second kappa shape index (κ2) is 10.1. The van der Waals surface area contributed by atoms with Crippen LogP contribution < -0.4 is 5.23 Å². The van der Waals surface area contributed by atoms with E-state index in [0.717, 1.165) is 24.8 Å². The van der Waals surface area contributed by atoms with Crippen LogP contribution in [0.15, 0.2) is 30.3 Å². The minimum absolute atomic E-state index is 0.265. The average molecular weight is 344 g/mol. The monoisotopic (exact) mass is 344 g/mol. The highest BCUT2D eigenvalue weighted by Crippen LogP contribution is 2.23. The van der Waals surface area contributed by atoms with Gasteiger partial charge in [0.25, 0.3) is 0 Å². The number of carbonyl (C=O) groups excluding carboxylic acids is 2. The first-order chi connectivity index (χ1) is 12.1. The summed E-state index contributed by atoms with van der Waals surface area (Å²) in [5.74, 6) is 0.128. The first-order valence-electron chi connectivity index (χ1n) is 8.63. The molecule has 134 valence electrons. The van der Waals surface area contributed by atoms with Crippen molar-refractivity contribution in [2.45, 2.75) is 38.3 Å². The van der Waals surface area contributed by atoms with Gasteiger partial charge in [-0.1, -0.05) is 30.3 Å². The van der Waals surface area contributed by atoms with E-state index in [1.807, 2.05) is 30.3 Å². The van der Waals surface area contributed by atoms with Crippen LogP contribution in [0, 0.1) is 5.92 Å². The average Bonchev–Trinajstić information content (AvgIpc) is 2.67. The number of benzene rings is 1. The summed E-state index contributed by atoms with van der Waals surface area (Å²) in [4.78, 5) is 25.4. The van der Waals surface area contributed by atoms with E-state index in [9.17, 15) is 9.59 Å². The summed E-state index contributed by atoms with van der Waals surface area (Å²) in [6.45, 7) is 1.65. The van der Waals surface area contributed by atoms with Gasteiger partial charge < -0.3 is 19.6 Å². The molecule has 1 aliphatic heterocycles. The molecule has 0 spiro atoms. The highest BCUT2D eigenvalue weighted by atomic mass is 16.6. The number of rotatable bonds is 7. The summed E-state index contributed by atoms with van der Waals surface area (Å²) >= 11 is 0. The molecule has 1 amide bonds. The molecule has 1 aliphatic rings. The molecular formula is C18H25BN2O4. The molecule has 2 rings (SSSR count). The lowest BCUT2D eigenvalue weighted by Gasteiger charge is -2.31. The molecule has 7 heteroatoms. The number of nitrogens with one attached hydrogen (secondary N) is 1. The molecular weight excluding hydrogens is 319 g/mol. The summed E-state index contributed by atoms with van der Waals surface area (Å²) < 4.78 is 10.1. The van der Waals surface area contributed by atoms with Crippen LogP contribution in [-0.2, 0) is 20.9 Å². The smallest absolute Gasteiger partial charge is 0.410 e. The van der Waals surface area contributed by atoms with Gasteiger partial charge in [0.15, 0.2) is 7.98 Å². The zero-order chi connectivity index (χ0) is 18.1. The van der Waals surface area contributed by atoms with Crippen molar-refractivity contribution in [3.8, 4) is 0 Å². The van der Waals surface area contributed by atoms with Gasteiger partial charge in [0.2, 0.25) is 0 Å². The molecule has 1 heterocycles. The highest BCUT2D eigenvalue weighted by molar-refractivity contribution is 6.06. The Morgan fingerprint density at radius 3 is 2.56 bits per heavy atom. The third kappa shape index (κ3) is 6.09. The van der Waals surface area contributed by atoms with Crippen molar-refractivity contribution in [1.82, 2.24) is 10.1 Å². The second-order valence-electron chi connectivity index (χ2n) is 6.29. The third-order valence-electron chi connectivity index (χ3n) is 4.63. The van der Waals surface area contributed by atoms with Crippen molar-refractivity contribution in [3.05, 3.63) is 35.9 Å². The molecule has 6 nitrogen and oxygen atoms in total. The molecule has 1 saturated heterocycles. The number of hydrogen-bond acceptors (Lipinski definition) is 5. The lowest BCUT2D eigenvalue weighted by Crippen LogP contribution is -2.40. The molecule has 25 heavy (non-hydrogen) atoms. The molecule has 0 unspecified atom stereocenters. The first-order valence-corrected chi connectivity index (χ1v) is 8.63. The van der Waals surface area contributed by atoms with Crippen molar-refractivity contribution in [1.29, 1.82) is 0 Å². The van der Waals surface area contributed by atoms with Crippen LogP contribution in [0.3, 0.4) is 0 Å². The number of likely N-dealkylation sites (tertiary alicyclic amines) is 1. The van der Waals surface area contributed by atoms with E-state index in [1.54, 1.807) is 4.90 Å². The summed E-state index contributed by atoms with van der Waals surface area (Å²) in [5, 5.41) is 2.49. The molecule has 2 radical (unpaired) electrons. The summed E-state index contributed by atoms with van der Waals surface area (Å²) in [5.41, 5.74) is 0.980. The maximum atomic E-state index is 12.1. The summed E-state index contributed by atoms with van der Waals surface area (Å²) in [7, 11) is 6.74. The molecule has 1 fully saturated rings. The number of ether oxygens (including phenoxy) is 2. The topological polar surface area (TPSA) is 67.9 Å². The number of piperidine rings is 1. The maximum Gasteiger partial charge on any atom is 0.410 e. The number of nitrogens with zero attached hydrogens (tertiary/aromatic N) is 1. The van der Waals surface area contributed by atoms with E-state index in [-0.39, 0.29) is 12.1 Å². The second-order valence-corrected chi connectivity index (χ2v) is 6.29. The quantitative estimate of drug-likeness (QED) is 0.606. The molecule has 0 bridgehead atoms. The number of hydrogen-bond donors (Lipinski definition) is 1. The van der Waals surface area contributed by atoms with E-state index in [4.69, 9.17) is 17.5 Å². The van der Waals surface area contributed by atoms with Crippen molar-refractivity contribution < 1.29 is 19.1 Å². The molecule has 1 aromatic rings. The zero-order valence-electron chi connectivity index (χ0n) is 14.6. The lowest BCUT2D eigenvalue weighted by atomic mass is 9.90. The molecule has 0 aromatic heterocycles. The van der Waals surface area contributed by atoms with Crippen LogP contribution in [0.5, 0.6) is 0 Å². The van der Waals surface area contributed by atoms with Gasteiger partial charge in [-0.3, -0.25) is 4.79 Å². The Bertz CT molecular complexity index is 547. The van der Waals surface area contributed by atoms with Gasteiger partial charge >= 0.3 is 12.1 Å². The van der Waals surface area contributed by atoms with Gasteiger partial charge in [-0.25, -0.2) is 4.79 Å². The maximum absolute atomic E-state index is 12.1. The van der Waals surface area contributed by atoms with Crippen LogP contribution in [0.2, 0.25) is 0 Å². The summed E-state index contributed by atoms with van der Waals surface area (Å²) in [6.07, 6.45) is 3.04. The number of amides is 1. The standard InChI is InChI=1S/C18H25BN2O4/c1-24-17(22)16(20-19)8-7-14-9-11-21(12-10-14)18(23)25-13-15-5-3-2-4-6-15/h2-6,14,16,20H,7-13H2,1H3/t16-/m0/s1. The Kier molecular flexibility index (Phi) is 7.79. The van der Waals surface area contributed by atoms with E-state index < -0.39 is 6.04 Å². The van der Waals surface area contributed by atoms with Crippen LogP contribution in [0.4, 0.5) is 4.79 Å². The first kappa shape index (κ1) is 19.3. The number of carbonyl (C=O) groups is 2. The molecule has 0 aliphatic carbocycles. The highest BCUT2D eigenvalue weighted by Gasteiger charge is 2.25. The van der Waals surface area contributed by atoms with Gasteiger partial charge in [-0.15, -0.1) is 0 Å². The molecule has 1 aromatic carbocycles. The van der Waals surface area contributed by atoms with Gasteiger partial charge in [-0.05, 0) is 37.2 Å². The van der Waals surface area contributed by atoms with Crippen molar-refractivity contribution >= 4 is 20.0 Å². The van der Waals surface area contributed by atoms with Crippen molar-refractivity contribution in [2.24, 2.45) is 5.92 Å². The van der Waals surface area contributed by atoms with Gasteiger partial charge in [0.05, 0.1) is 13.2 Å². The minimum atomic E-state index is -0.473. The molecule has 1 atom stereocenters. The van der Waals surface area contributed by atoms with Crippen LogP contribution in [-0.4, -0.2) is 51.2 Å². The molecule has 0 saturated carbocycles. The fraction of sp³-hybridized carbons (Fsp3) is 0.556. The Morgan fingerprint density at radius 2 is 1.96 bits per heavy atom. The molecule has 1 N–H and O–H groups in total. The normalized spacial score (nSPS) is 16.3. The fourth-order valence-corrected chi connectivity index (χ4v) is 3.03. The summed E-state index contributed by atoms with van der Waals surface area (Å²) in [6, 6.07) is 9.17. The Balaban J connectivity index is 1.68. The fourth-order valence-electron chi connectivity index (χ4n) is 3.03. The third-order valence-corrected chi connectivity index (χ3v) is 4.63. The van der Waals surface area contributed by atoms with Crippen molar-refractivity contribution in [2.75, 3.05) is 20.2 Å². The van der Waals surface area contributed by atoms with E-state index in [0.29, 0.717) is 32.0 Å². The van der Waals surface area contributed by atoms with Crippen LogP contribution >= 0.6 is 0 Å². The largest absolute Gasteiger partial charge is 0.468 e. The predicted octanol–water partition coefficient (Wildman–Crippen LogP) is 2.03.